The molecule has 1 aromatic heterocycles. The Kier molecular flexibility index (Phi) is 3.55. The molecule has 1 aromatic carbocycles. The molecule has 0 aliphatic heterocycles. The summed E-state index contributed by atoms with van der Waals surface area (Å²) in [5.74, 6) is -0.816. The zero-order valence-electron chi connectivity index (χ0n) is 11.8. The van der Waals surface area contributed by atoms with E-state index in [2.05, 4.69) is 5.32 Å². The summed E-state index contributed by atoms with van der Waals surface area (Å²) in [6, 6.07) is 4.82. The van der Waals surface area contributed by atoms with Crippen molar-refractivity contribution >= 4 is 17.0 Å². The highest BCUT2D eigenvalue weighted by Gasteiger charge is 2.26. The number of aliphatic hydroxyl groups is 1. The molecular weight excluding hydrogens is 272 g/mol. The van der Waals surface area contributed by atoms with Gasteiger partial charge in [-0.1, -0.05) is 18.9 Å². The van der Waals surface area contributed by atoms with Crippen LogP contribution in [0.3, 0.4) is 0 Å². The largest absolute Gasteiger partial charge is 0.419 e. The number of oxazole rings is 1. The number of benzene rings is 1. The van der Waals surface area contributed by atoms with Crippen LogP contribution in [0.1, 0.15) is 36.0 Å². The second kappa shape index (κ2) is 5.37. The van der Waals surface area contributed by atoms with Crippen molar-refractivity contribution in [1.82, 2.24) is 9.88 Å². The molecule has 0 radical (unpaired) electrons. The van der Waals surface area contributed by atoms with E-state index < -0.39 is 11.9 Å². The van der Waals surface area contributed by atoms with E-state index in [1.54, 1.807) is 25.2 Å². The fourth-order valence-electron chi connectivity index (χ4n) is 2.85. The third kappa shape index (κ3) is 2.47. The maximum Gasteiger partial charge on any atom is 0.419 e. The highest BCUT2D eigenvalue weighted by Crippen LogP contribution is 2.21. The van der Waals surface area contributed by atoms with Crippen molar-refractivity contribution in [2.24, 2.45) is 7.05 Å². The van der Waals surface area contributed by atoms with Gasteiger partial charge in [0.2, 0.25) is 0 Å². The number of aliphatic hydroxyl groups excluding tert-OH is 1. The van der Waals surface area contributed by atoms with Crippen molar-refractivity contribution in [3.8, 4) is 0 Å². The van der Waals surface area contributed by atoms with Gasteiger partial charge in [-0.3, -0.25) is 9.36 Å². The Morgan fingerprint density at radius 1 is 1.38 bits per heavy atom. The Hall–Kier alpha value is -2.08. The Balaban J connectivity index is 1.91. The van der Waals surface area contributed by atoms with Gasteiger partial charge in [0.25, 0.3) is 5.91 Å². The molecule has 1 heterocycles. The first-order valence-corrected chi connectivity index (χ1v) is 7.15. The number of hydrogen-bond acceptors (Lipinski definition) is 4. The lowest BCUT2D eigenvalue weighted by atomic mass is 9.92. The molecule has 3 rings (SSSR count). The molecule has 0 saturated heterocycles. The average Bonchev–Trinajstić information content (AvgIpc) is 2.77. The monoisotopic (exact) mass is 290 g/mol. The van der Waals surface area contributed by atoms with Crippen LogP contribution in [-0.4, -0.2) is 27.7 Å². The van der Waals surface area contributed by atoms with Gasteiger partial charge < -0.3 is 14.8 Å². The van der Waals surface area contributed by atoms with Gasteiger partial charge in [-0.25, -0.2) is 4.79 Å². The van der Waals surface area contributed by atoms with E-state index in [1.165, 1.54) is 4.57 Å². The third-order valence-electron chi connectivity index (χ3n) is 4.11. The predicted octanol–water partition coefficient (Wildman–Crippen LogP) is 1.16. The summed E-state index contributed by atoms with van der Waals surface area (Å²) in [5.41, 5.74) is 1.19. The summed E-state index contributed by atoms with van der Waals surface area (Å²) >= 11 is 0. The minimum atomic E-state index is -0.510. The molecular formula is C15H18N2O4. The minimum absolute atomic E-state index is 0.239. The quantitative estimate of drug-likeness (QED) is 0.869. The van der Waals surface area contributed by atoms with Gasteiger partial charge in [0.05, 0.1) is 23.2 Å². The van der Waals surface area contributed by atoms with Crippen LogP contribution in [0, 0.1) is 0 Å². The zero-order valence-corrected chi connectivity index (χ0v) is 11.8. The number of carbonyl (C=O) groups is 1. The van der Waals surface area contributed by atoms with Crippen LogP contribution in [0.25, 0.3) is 11.1 Å². The number of carbonyl (C=O) groups excluding carboxylic acids is 1. The van der Waals surface area contributed by atoms with Crippen molar-refractivity contribution in [3.05, 3.63) is 34.3 Å². The maximum absolute atomic E-state index is 12.4. The summed E-state index contributed by atoms with van der Waals surface area (Å²) < 4.78 is 6.51. The molecule has 1 aliphatic rings. The lowest BCUT2D eigenvalue weighted by Crippen LogP contribution is -2.45. The van der Waals surface area contributed by atoms with Crippen LogP contribution in [0.5, 0.6) is 0 Å². The Labute approximate surface area is 121 Å². The van der Waals surface area contributed by atoms with Crippen molar-refractivity contribution in [2.75, 3.05) is 0 Å². The van der Waals surface area contributed by atoms with E-state index in [-0.39, 0.29) is 17.5 Å². The summed E-state index contributed by atoms with van der Waals surface area (Å²) in [4.78, 5) is 24.0. The van der Waals surface area contributed by atoms with Crippen molar-refractivity contribution in [3.63, 3.8) is 0 Å². The van der Waals surface area contributed by atoms with Gasteiger partial charge in [-0.15, -0.1) is 0 Å². The molecule has 0 bridgehead atoms. The highest BCUT2D eigenvalue weighted by molar-refractivity contribution is 6.04. The number of aryl methyl sites for hydroxylation is 1. The van der Waals surface area contributed by atoms with Crippen molar-refractivity contribution in [1.29, 1.82) is 0 Å². The highest BCUT2D eigenvalue weighted by atomic mass is 16.4. The van der Waals surface area contributed by atoms with Gasteiger partial charge >= 0.3 is 5.76 Å². The molecule has 1 aliphatic carbocycles. The summed E-state index contributed by atoms with van der Waals surface area (Å²) in [5, 5.41) is 12.8. The fraction of sp³-hybridized carbons (Fsp3) is 0.467. The molecule has 2 unspecified atom stereocenters. The molecule has 21 heavy (non-hydrogen) atoms. The second-order valence-electron chi connectivity index (χ2n) is 5.51. The fourth-order valence-corrected chi connectivity index (χ4v) is 2.85. The molecule has 1 fully saturated rings. The molecule has 112 valence electrons. The number of fused-ring (bicyclic) bond motifs is 1. The standard InChI is InChI=1S/C15H18N2O4/c1-17-11-7-4-5-9(13(11)21-15(17)20)14(19)16-10-6-2-3-8-12(10)18/h4-5,7,10,12,18H,2-3,6,8H2,1H3,(H,16,19). The number of hydrogen-bond donors (Lipinski definition) is 2. The number of amides is 1. The van der Waals surface area contributed by atoms with Gasteiger partial charge in [0.15, 0.2) is 5.58 Å². The first kappa shape index (κ1) is 13.9. The van der Waals surface area contributed by atoms with Gasteiger partial charge in [0, 0.05) is 7.05 Å². The van der Waals surface area contributed by atoms with E-state index in [0.29, 0.717) is 17.5 Å². The van der Waals surface area contributed by atoms with Gasteiger partial charge in [-0.05, 0) is 25.0 Å². The summed E-state index contributed by atoms with van der Waals surface area (Å²) in [6.07, 6.45) is 2.94. The molecule has 2 aromatic rings. The predicted molar refractivity (Wildman–Crippen MR) is 77.2 cm³/mol. The first-order valence-electron chi connectivity index (χ1n) is 7.15. The number of aromatic nitrogens is 1. The van der Waals surface area contributed by atoms with E-state index in [9.17, 15) is 14.7 Å². The SMILES string of the molecule is Cn1c(=O)oc2c(C(=O)NC3CCCCC3O)cccc21. The van der Waals surface area contributed by atoms with Crippen molar-refractivity contribution < 1.29 is 14.3 Å². The average molecular weight is 290 g/mol. The van der Waals surface area contributed by atoms with E-state index >= 15 is 0 Å². The molecule has 1 amide bonds. The van der Waals surface area contributed by atoms with Crippen LogP contribution in [0.2, 0.25) is 0 Å². The lowest BCUT2D eigenvalue weighted by Gasteiger charge is -2.28. The number of rotatable bonds is 2. The van der Waals surface area contributed by atoms with Gasteiger partial charge in [0.1, 0.15) is 0 Å². The smallest absolute Gasteiger partial charge is 0.407 e. The van der Waals surface area contributed by atoms with Crippen molar-refractivity contribution in [2.45, 2.75) is 37.8 Å². The Bertz CT molecular complexity index is 731. The number of nitrogens with zero attached hydrogens (tertiary/aromatic N) is 1. The summed E-state index contributed by atoms with van der Waals surface area (Å²) in [7, 11) is 1.60. The topological polar surface area (TPSA) is 84.5 Å². The van der Waals surface area contributed by atoms with Crippen LogP contribution in [-0.2, 0) is 7.05 Å². The van der Waals surface area contributed by atoms with E-state index in [0.717, 1.165) is 19.3 Å². The lowest BCUT2D eigenvalue weighted by molar-refractivity contribution is 0.0717. The molecule has 6 nitrogen and oxygen atoms in total. The first-order chi connectivity index (χ1) is 10.1. The van der Waals surface area contributed by atoms with E-state index in [4.69, 9.17) is 4.42 Å². The third-order valence-corrected chi connectivity index (χ3v) is 4.11. The molecule has 2 atom stereocenters. The summed E-state index contributed by atoms with van der Waals surface area (Å²) in [6.45, 7) is 0. The van der Waals surface area contributed by atoms with Crippen LogP contribution >= 0.6 is 0 Å². The molecule has 2 N–H and O–H groups in total. The maximum atomic E-state index is 12.4. The Morgan fingerprint density at radius 3 is 2.90 bits per heavy atom. The zero-order chi connectivity index (χ0) is 15.0. The van der Waals surface area contributed by atoms with Crippen LogP contribution in [0.4, 0.5) is 0 Å². The van der Waals surface area contributed by atoms with Crippen LogP contribution < -0.4 is 11.1 Å². The molecule has 1 saturated carbocycles. The molecule has 6 heteroatoms. The Morgan fingerprint density at radius 2 is 2.14 bits per heavy atom. The normalized spacial score (nSPS) is 22.4. The van der Waals surface area contributed by atoms with Gasteiger partial charge in [-0.2, -0.15) is 0 Å². The van der Waals surface area contributed by atoms with Crippen LogP contribution in [0.15, 0.2) is 27.4 Å². The number of para-hydroxylation sites is 1. The molecule has 0 spiro atoms. The number of nitrogens with one attached hydrogen (secondary N) is 1. The minimum Gasteiger partial charge on any atom is -0.407 e. The second-order valence-corrected chi connectivity index (χ2v) is 5.51. The van der Waals surface area contributed by atoms with E-state index in [1.807, 2.05) is 0 Å².